The molecule has 1 atom stereocenters. The van der Waals surface area contributed by atoms with Gasteiger partial charge in [0.2, 0.25) is 5.91 Å². The number of benzene rings is 1. The Bertz CT molecular complexity index is 374. The second-order valence-electron chi connectivity index (χ2n) is 3.65. The van der Waals surface area contributed by atoms with Gasteiger partial charge in [0.15, 0.2) is 0 Å². The van der Waals surface area contributed by atoms with E-state index in [1.807, 2.05) is 42.3 Å². The summed E-state index contributed by atoms with van der Waals surface area (Å²) in [4.78, 5) is 11.6. The second kappa shape index (κ2) is 3.77. The normalized spacial score (nSPS) is 20.9. The number of carbonyl (C=O) groups excluding carboxylic acids is 1. The molecule has 3 nitrogen and oxygen atoms in total. The van der Waals surface area contributed by atoms with Crippen LogP contribution < -0.4 is 5.01 Å². The largest absolute Gasteiger partial charge is 0.276 e. The monoisotopic (exact) mass is 202 g/mol. The van der Waals surface area contributed by atoms with Crippen LogP contribution in [0.4, 0.5) is 5.69 Å². The van der Waals surface area contributed by atoms with E-state index in [4.69, 9.17) is 0 Å². The van der Waals surface area contributed by atoms with Crippen LogP contribution in [-0.2, 0) is 4.79 Å². The summed E-state index contributed by atoms with van der Waals surface area (Å²) in [5, 5.41) is 3.55. The van der Waals surface area contributed by atoms with E-state index in [-0.39, 0.29) is 11.9 Å². The molecular weight excluding hydrogens is 188 g/mol. The Morgan fingerprint density at radius 1 is 1.40 bits per heavy atom. The maximum Gasteiger partial charge on any atom is 0.247 e. The highest BCUT2D eigenvalue weighted by atomic mass is 16.2. The Kier molecular flexibility index (Phi) is 2.46. The number of amides is 1. The first-order valence-corrected chi connectivity index (χ1v) is 5.03. The highest BCUT2D eigenvalue weighted by molar-refractivity contribution is 5.83. The van der Waals surface area contributed by atoms with E-state index in [2.05, 4.69) is 6.58 Å². The van der Waals surface area contributed by atoms with Crippen LogP contribution in [-0.4, -0.2) is 17.0 Å². The number of para-hydroxylation sites is 1. The molecule has 0 saturated carbocycles. The lowest BCUT2D eigenvalue weighted by atomic mass is 10.2. The van der Waals surface area contributed by atoms with Gasteiger partial charge in [-0.15, -0.1) is 0 Å². The molecule has 1 saturated heterocycles. The van der Waals surface area contributed by atoms with Gasteiger partial charge in [-0.05, 0) is 19.1 Å². The molecule has 0 aromatic heterocycles. The summed E-state index contributed by atoms with van der Waals surface area (Å²) in [6.45, 7) is 5.70. The molecule has 3 heteroatoms. The highest BCUT2D eigenvalue weighted by Gasteiger charge is 2.33. The minimum Gasteiger partial charge on any atom is -0.276 e. The Balaban J connectivity index is 2.35. The van der Waals surface area contributed by atoms with E-state index in [1.165, 1.54) is 0 Å². The van der Waals surface area contributed by atoms with E-state index >= 15 is 0 Å². The van der Waals surface area contributed by atoms with Crippen LogP contribution in [0.5, 0.6) is 0 Å². The summed E-state index contributed by atoms with van der Waals surface area (Å²) in [5.74, 6) is 0.0985. The van der Waals surface area contributed by atoms with Gasteiger partial charge in [0.1, 0.15) is 0 Å². The first-order chi connectivity index (χ1) is 7.24. The van der Waals surface area contributed by atoms with Crippen molar-refractivity contribution in [1.29, 1.82) is 0 Å². The first-order valence-electron chi connectivity index (χ1n) is 5.03. The number of anilines is 1. The van der Waals surface area contributed by atoms with Gasteiger partial charge in [0, 0.05) is 6.20 Å². The van der Waals surface area contributed by atoms with Crippen molar-refractivity contribution in [2.75, 3.05) is 5.01 Å². The molecule has 1 aromatic carbocycles. The molecule has 0 radical (unpaired) electrons. The second-order valence-corrected chi connectivity index (χ2v) is 3.65. The molecule has 1 unspecified atom stereocenters. The Morgan fingerprint density at radius 3 is 2.67 bits per heavy atom. The SMILES string of the molecule is C=CN1C(=O)CC(C)N1c1ccccc1. The fourth-order valence-corrected chi connectivity index (χ4v) is 1.91. The van der Waals surface area contributed by atoms with Crippen molar-refractivity contribution in [3.8, 4) is 0 Å². The maximum absolute atomic E-state index is 11.6. The zero-order chi connectivity index (χ0) is 10.8. The van der Waals surface area contributed by atoms with Crippen molar-refractivity contribution < 1.29 is 4.79 Å². The van der Waals surface area contributed by atoms with Gasteiger partial charge in [-0.1, -0.05) is 24.8 Å². The molecule has 1 fully saturated rings. The van der Waals surface area contributed by atoms with E-state index in [1.54, 1.807) is 11.2 Å². The standard InChI is InChI=1S/C12H14N2O/c1-3-13-12(15)9-10(2)14(13)11-7-5-4-6-8-11/h3-8,10H,1,9H2,2H3. The summed E-state index contributed by atoms with van der Waals surface area (Å²) in [7, 11) is 0. The molecule has 15 heavy (non-hydrogen) atoms. The van der Waals surface area contributed by atoms with Crippen molar-refractivity contribution in [3.63, 3.8) is 0 Å². The Morgan fingerprint density at radius 2 is 2.07 bits per heavy atom. The number of rotatable bonds is 2. The van der Waals surface area contributed by atoms with Gasteiger partial charge < -0.3 is 0 Å². The van der Waals surface area contributed by atoms with Gasteiger partial charge in [0.05, 0.1) is 18.2 Å². The number of hydrogen-bond donors (Lipinski definition) is 0. The van der Waals surface area contributed by atoms with Crippen LogP contribution in [0.25, 0.3) is 0 Å². The van der Waals surface area contributed by atoms with Gasteiger partial charge in [-0.2, -0.15) is 0 Å². The van der Waals surface area contributed by atoms with Crippen molar-refractivity contribution in [1.82, 2.24) is 5.01 Å². The van der Waals surface area contributed by atoms with Gasteiger partial charge >= 0.3 is 0 Å². The average molecular weight is 202 g/mol. The molecule has 78 valence electrons. The Hall–Kier alpha value is -1.77. The summed E-state index contributed by atoms with van der Waals surface area (Å²) in [6.07, 6.45) is 2.11. The maximum atomic E-state index is 11.6. The van der Waals surface area contributed by atoms with E-state index in [9.17, 15) is 4.79 Å². The third kappa shape index (κ3) is 1.61. The zero-order valence-electron chi connectivity index (χ0n) is 8.76. The molecule has 1 heterocycles. The lowest BCUT2D eigenvalue weighted by Gasteiger charge is -2.29. The van der Waals surface area contributed by atoms with E-state index in [0.29, 0.717) is 6.42 Å². The summed E-state index contributed by atoms with van der Waals surface area (Å²) >= 11 is 0. The number of carbonyl (C=O) groups is 1. The average Bonchev–Trinajstić information content (AvgIpc) is 2.54. The predicted molar refractivity (Wildman–Crippen MR) is 60.0 cm³/mol. The van der Waals surface area contributed by atoms with Crippen LogP contribution in [0.3, 0.4) is 0 Å². The summed E-state index contributed by atoms with van der Waals surface area (Å²) < 4.78 is 0. The van der Waals surface area contributed by atoms with Gasteiger partial charge in [0.25, 0.3) is 0 Å². The number of hydrogen-bond acceptors (Lipinski definition) is 2. The van der Waals surface area contributed by atoms with Crippen LogP contribution in [0, 0.1) is 0 Å². The third-order valence-corrected chi connectivity index (χ3v) is 2.57. The van der Waals surface area contributed by atoms with Crippen LogP contribution in [0.15, 0.2) is 43.1 Å². The Labute approximate surface area is 89.6 Å². The predicted octanol–water partition coefficient (Wildman–Crippen LogP) is 2.17. The van der Waals surface area contributed by atoms with Crippen molar-refractivity contribution >= 4 is 11.6 Å². The molecule has 1 amide bonds. The van der Waals surface area contributed by atoms with Crippen molar-refractivity contribution in [3.05, 3.63) is 43.1 Å². The fourth-order valence-electron chi connectivity index (χ4n) is 1.91. The molecule has 0 bridgehead atoms. The van der Waals surface area contributed by atoms with Crippen molar-refractivity contribution in [2.24, 2.45) is 0 Å². The minimum absolute atomic E-state index is 0.0985. The molecule has 1 aliphatic heterocycles. The molecule has 1 aromatic rings. The number of nitrogens with zero attached hydrogens (tertiary/aromatic N) is 2. The van der Waals surface area contributed by atoms with E-state index in [0.717, 1.165) is 5.69 Å². The lowest BCUT2D eigenvalue weighted by molar-refractivity contribution is -0.125. The summed E-state index contributed by atoms with van der Waals surface area (Å²) in [5.41, 5.74) is 1.02. The zero-order valence-corrected chi connectivity index (χ0v) is 8.76. The van der Waals surface area contributed by atoms with Crippen LogP contribution in [0.2, 0.25) is 0 Å². The smallest absolute Gasteiger partial charge is 0.247 e. The first kappa shape index (κ1) is 9.77. The van der Waals surface area contributed by atoms with Gasteiger partial charge in [-0.25, -0.2) is 5.01 Å². The topological polar surface area (TPSA) is 23.6 Å². The number of hydrazine groups is 1. The van der Waals surface area contributed by atoms with Crippen LogP contribution >= 0.6 is 0 Å². The third-order valence-electron chi connectivity index (χ3n) is 2.57. The fraction of sp³-hybridized carbons (Fsp3) is 0.250. The van der Waals surface area contributed by atoms with Crippen LogP contribution in [0.1, 0.15) is 13.3 Å². The van der Waals surface area contributed by atoms with Crippen molar-refractivity contribution in [2.45, 2.75) is 19.4 Å². The molecule has 1 aliphatic rings. The lowest BCUT2D eigenvalue weighted by Crippen LogP contribution is -2.37. The minimum atomic E-state index is 0.0985. The van der Waals surface area contributed by atoms with Gasteiger partial charge in [-0.3, -0.25) is 9.80 Å². The molecule has 0 N–H and O–H groups in total. The molecule has 0 spiro atoms. The summed E-state index contributed by atoms with van der Waals surface area (Å²) in [6, 6.07) is 10.1. The molecule has 0 aliphatic carbocycles. The highest BCUT2D eigenvalue weighted by Crippen LogP contribution is 2.26. The quantitative estimate of drug-likeness (QED) is 0.733. The molecular formula is C12H14N2O. The molecule has 2 rings (SSSR count). The van der Waals surface area contributed by atoms with E-state index < -0.39 is 0 Å².